The normalized spacial score (nSPS) is 41.0. The summed E-state index contributed by atoms with van der Waals surface area (Å²) in [5.41, 5.74) is 0.638. The Labute approximate surface area is 522 Å². The summed E-state index contributed by atoms with van der Waals surface area (Å²) in [4.78, 5) is 55.6. The Hall–Kier alpha value is -3.84. The van der Waals surface area contributed by atoms with Gasteiger partial charge in [0.05, 0.1) is 48.5 Å². The van der Waals surface area contributed by atoms with Gasteiger partial charge in [0.2, 0.25) is 0 Å². The van der Waals surface area contributed by atoms with Gasteiger partial charge < -0.3 is 102 Å². The van der Waals surface area contributed by atoms with E-state index in [1.54, 1.807) is 65.0 Å². The minimum absolute atomic E-state index is 0.0505. The van der Waals surface area contributed by atoms with Crippen LogP contribution in [0.2, 0.25) is 0 Å². The number of unbranched alkanes of at least 4 members (excludes halogenated alkanes) is 2. The van der Waals surface area contributed by atoms with Gasteiger partial charge in [-0.2, -0.15) is 0 Å². The van der Waals surface area contributed by atoms with E-state index in [1.807, 2.05) is 0 Å². The van der Waals surface area contributed by atoms with Crippen molar-refractivity contribution >= 4 is 30.0 Å². The molecule has 2 bridgehead atoms. The van der Waals surface area contributed by atoms with Crippen LogP contribution < -0.4 is 0 Å². The molecule has 25 nitrogen and oxygen atoms in total. The molecule has 27 atom stereocenters. The summed E-state index contributed by atoms with van der Waals surface area (Å²) in [5, 5.41) is 80.6. The van der Waals surface area contributed by atoms with Crippen LogP contribution >= 0.6 is 0 Å². The van der Waals surface area contributed by atoms with E-state index in [4.69, 9.17) is 66.3 Å². The molecule has 0 saturated carbocycles. The smallest absolute Gasteiger partial charge is 0.331 e. The van der Waals surface area contributed by atoms with Crippen molar-refractivity contribution in [2.24, 2.45) is 11.8 Å². The number of ether oxygens (including phenoxy) is 14. The maximum Gasteiger partial charge on any atom is 0.331 e. The molecule has 6 aliphatic rings. The Morgan fingerprint density at radius 1 is 0.528 bits per heavy atom. The maximum absolute atomic E-state index is 14.3. The third-order valence-corrected chi connectivity index (χ3v) is 17.6. The fourth-order valence-corrected chi connectivity index (χ4v) is 11.7. The standard InChI is InChI=1S/C64H100O25/c1-11-13-20-27-40-28-23-17-15-14-16-18-24-29-41(65)82-53-49(73)61(88-54-47(71)44(68)35(7)77-62(54)81-40)79-37(9)50(53)86-64-57(85-59(75)33(5)12-2)55(89-60-48(72)46(70)43(67)34(6)76-60)51(38(10)80-64)87-63-56(83-42(66)31-30-39-25-21-19-22-26-39)52(45(69)36(8)78-63)84-58(74)32(3)4/h19,21-22,25-26,30-38,40,43-57,60-64,67-73H,11-18,20,23-24,27-29H2,1-10H3/b31-30+/t33-,34-,35+,36-,37-,38-,40-,43-,44-,45-,46+,47-,48+,49+,50-,51-,52+,53-,54+,55+,56+,57+,60-,61-,62-,63-,64-/m0/s1. The average molecular weight is 1270 g/mol. The number of aliphatic hydroxyl groups is 7. The van der Waals surface area contributed by atoms with E-state index in [-0.39, 0.29) is 18.9 Å². The molecule has 506 valence electrons. The molecule has 6 aliphatic heterocycles. The zero-order valence-corrected chi connectivity index (χ0v) is 53.1. The number of rotatable bonds is 18. The summed E-state index contributed by atoms with van der Waals surface area (Å²) in [6, 6.07) is 8.81. The van der Waals surface area contributed by atoms with Gasteiger partial charge in [0.15, 0.2) is 55.9 Å². The zero-order chi connectivity index (χ0) is 64.8. The van der Waals surface area contributed by atoms with Crippen molar-refractivity contribution in [2.75, 3.05) is 0 Å². The van der Waals surface area contributed by atoms with E-state index in [9.17, 15) is 54.9 Å². The first kappa shape index (κ1) is 72.6. The van der Waals surface area contributed by atoms with Crippen LogP contribution in [-0.4, -0.2) is 219 Å². The highest BCUT2D eigenvalue weighted by Crippen LogP contribution is 2.40. The number of benzene rings is 1. The van der Waals surface area contributed by atoms with Gasteiger partial charge in [-0.3, -0.25) is 14.4 Å². The van der Waals surface area contributed by atoms with Gasteiger partial charge in [-0.05, 0) is 71.9 Å². The van der Waals surface area contributed by atoms with Gasteiger partial charge in [0, 0.05) is 12.5 Å². The van der Waals surface area contributed by atoms with Crippen molar-refractivity contribution in [3.05, 3.63) is 42.0 Å². The largest absolute Gasteiger partial charge is 0.456 e. The predicted octanol–water partition coefficient (Wildman–Crippen LogP) is 4.33. The number of carbonyl (C=O) groups excluding carboxylic acids is 4. The molecule has 0 spiro atoms. The molecule has 7 rings (SSSR count). The number of aliphatic hydroxyl groups excluding tert-OH is 7. The molecule has 0 amide bonds. The number of esters is 4. The first-order valence-electron chi connectivity index (χ1n) is 32.3. The Bertz CT molecular complexity index is 2360. The molecule has 6 fully saturated rings. The lowest BCUT2D eigenvalue weighted by Crippen LogP contribution is -2.68. The van der Waals surface area contributed by atoms with Crippen molar-refractivity contribution in [3.8, 4) is 0 Å². The molecular formula is C64H100O25. The summed E-state index contributed by atoms with van der Waals surface area (Å²) in [5.74, 6) is -4.76. The van der Waals surface area contributed by atoms with Gasteiger partial charge in [0.25, 0.3) is 0 Å². The average Bonchev–Trinajstić information content (AvgIpc) is 0.925. The fourth-order valence-electron chi connectivity index (χ4n) is 11.7. The summed E-state index contributed by atoms with van der Waals surface area (Å²) in [6.07, 6.45) is -26.6. The molecule has 0 aromatic heterocycles. The molecule has 7 N–H and O–H groups in total. The molecular weight excluding hydrogens is 1170 g/mol. The highest BCUT2D eigenvalue weighted by Gasteiger charge is 2.59. The highest BCUT2D eigenvalue weighted by atomic mass is 16.8. The number of fused-ring (bicyclic) bond motifs is 3. The number of carbonyl (C=O) groups is 4. The first-order chi connectivity index (χ1) is 42.4. The van der Waals surface area contributed by atoms with Gasteiger partial charge >= 0.3 is 23.9 Å². The quantitative estimate of drug-likeness (QED) is 0.0465. The second-order valence-corrected chi connectivity index (χ2v) is 25.0. The van der Waals surface area contributed by atoms with Crippen molar-refractivity contribution in [1.29, 1.82) is 0 Å². The number of hydrogen-bond donors (Lipinski definition) is 7. The van der Waals surface area contributed by atoms with E-state index >= 15 is 0 Å². The predicted molar refractivity (Wildman–Crippen MR) is 313 cm³/mol. The highest BCUT2D eigenvalue weighted by molar-refractivity contribution is 5.87. The third-order valence-electron chi connectivity index (χ3n) is 17.6. The lowest BCUT2D eigenvalue weighted by Gasteiger charge is -2.51. The summed E-state index contributed by atoms with van der Waals surface area (Å²) >= 11 is 0. The third kappa shape index (κ3) is 19.2. The molecule has 6 saturated heterocycles. The van der Waals surface area contributed by atoms with Crippen LogP contribution in [-0.2, 0) is 85.5 Å². The molecule has 1 aromatic carbocycles. The second-order valence-electron chi connectivity index (χ2n) is 25.0. The van der Waals surface area contributed by atoms with Crippen molar-refractivity contribution in [1.82, 2.24) is 0 Å². The van der Waals surface area contributed by atoms with E-state index in [0.717, 1.165) is 63.9 Å². The molecule has 1 aromatic rings. The lowest BCUT2D eigenvalue weighted by atomic mass is 9.95. The minimum atomic E-state index is -1.96. The van der Waals surface area contributed by atoms with Gasteiger partial charge in [0.1, 0.15) is 67.1 Å². The summed E-state index contributed by atoms with van der Waals surface area (Å²) < 4.78 is 89.2. The Kier molecular flexibility index (Phi) is 28.0. The zero-order valence-electron chi connectivity index (χ0n) is 53.1. The van der Waals surface area contributed by atoms with Crippen LogP contribution in [0, 0.1) is 11.8 Å². The molecule has 0 unspecified atom stereocenters. The molecule has 0 radical (unpaired) electrons. The maximum atomic E-state index is 14.3. The Balaban J connectivity index is 1.27. The van der Waals surface area contributed by atoms with Crippen LogP contribution in [0.25, 0.3) is 6.08 Å². The van der Waals surface area contributed by atoms with E-state index in [1.165, 1.54) is 33.8 Å². The van der Waals surface area contributed by atoms with Crippen molar-refractivity contribution in [2.45, 2.75) is 319 Å². The fraction of sp³-hybridized carbons (Fsp3) is 0.812. The van der Waals surface area contributed by atoms with Crippen LogP contribution in [0.3, 0.4) is 0 Å². The van der Waals surface area contributed by atoms with E-state index in [0.29, 0.717) is 24.8 Å². The minimum Gasteiger partial charge on any atom is -0.456 e. The Morgan fingerprint density at radius 2 is 1.09 bits per heavy atom. The molecule has 89 heavy (non-hydrogen) atoms. The van der Waals surface area contributed by atoms with Crippen LogP contribution in [0.5, 0.6) is 0 Å². The van der Waals surface area contributed by atoms with Crippen molar-refractivity contribution < 1.29 is 121 Å². The van der Waals surface area contributed by atoms with Crippen LogP contribution in [0.15, 0.2) is 36.4 Å². The second kappa shape index (κ2) is 34.4. The van der Waals surface area contributed by atoms with Crippen LogP contribution in [0.1, 0.15) is 165 Å². The lowest BCUT2D eigenvalue weighted by molar-refractivity contribution is -0.399. The SMILES string of the molecule is CCCCC[C@H]1CCCCCCCCCC(=O)O[C@H]2[C@@H](O)[C@H](O[C@H]3[C@H](O1)O[C@H](C)[C@H](O)[C@@H]3O)O[C@@H](C)[C@@H]2O[C@@H]1O[C@@H](C)[C@H](O[C@@H]2O[C@@H](C)[C@H](O)[C@@H](OC(=O)C(C)C)[C@H]2OC(=O)/C=C/c2ccccc2)[C@@H](O[C@@H]2O[C@@H](C)[C@H](O)[C@@H](O)[C@H]2O)[C@H]1OC(=O)[C@@H](C)CC. The molecule has 25 heteroatoms. The summed E-state index contributed by atoms with van der Waals surface area (Å²) in [7, 11) is 0. The molecule has 0 aliphatic carbocycles. The van der Waals surface area contributed by atoms with Crippen LogP contribution in [0.4, 0.5) is 0 Å². The van der Waals surface area contributed by atoms with Gasteiger partial charge in [-0.25, -0.2) is 4.79 Å². The summed E-state index contributed by atoms with van der Waals surface area (Å²) in [6.45, 7) is 16.1. The van der Waals surface area contributed by atoms with Gasteiger partial charge in [-0.1, -0.05) is 123 Å². The topological polar surface area (TPSA) is 339 Å². The monoisotopic (exact) mass is 1270 g/mol. The van der Waals surface area contributed by atoms with E-state index < -0.39 is 189 Å². The Morgan fingerprint density at radius 3 is 1.76 bits per heavy atom. The van der Waals surface area contributed by atoms with E-state index in [2.05, 4.69) is 6.92 Å². The van der Waals surface area contributed by atoms with Crippen molar-refractivity contribution in [3.63, 3.8) is 0 Å². The first-order valence-corrected chi connectivity index (χ1v) is 32.3. The number of hydrogen-bond acceptors (Lipinski definition) is 25. The van der Waals surface area contributed by atoms with Gasteiger partial charge in [-0.15, -0.1) is 0 Å². The molecule has 6 heterocycles.